The normalized spacial score (nSPS) is 21.0. The van der Waals surface area contributed by atoms with E-state index in [1.54, 1.807) is 12.5 Å². The van der Waals surface area contributed by atoms with Crippen LogP contribution in [0, 0.1) is 6.92 Å². The minimum absolute atomic E-state index is 0.0134. The molecule has 0 radical (unpaired) electrons. The van der Waals surface area contributed by atoms with Crippen LogP contribution in [-0.4, -0.2) is 67.3 Å². The molecule has 2 aromatic heterocycles. The third kappa shape index (κ3) is 4.43. The number of H-pyrrole nitrogens is 1. The van der Waals surface area contributed by atoms with E-state index in [2.05, 4.69) is 30.4 Å². The number of amides is 1. The molecule has 0 saturated carbocycles. The zero-order valence-electron chi connectivity index (χ0n) is 14.8. The minimum atomic E-state index is -0.239. The average Bonchev–Trinajstić information content (AvgIpc) is 3.25. The van der Waals surface area contributed by atoms with Crippen LogP contribution in [0.25, 0.3) is 0 Å². The van der Waals surface area contributed by atoms with Crippen LogP contribution < -0.4 is 5.32 Å². The number of hydrogen-bond acceptors (Lipinski definition) is 6. The molecule has 9 heteroatoms. The van der Waals surface area contributed by atoms with Gasteiger partial charge in [-0.2, -0.15) is 5.10 Å². The number of morpholine rings is 1. The maximum Gasteiger partial charge on any atom is 0.237 e. The van der Waals surface area contributed by atoms with Gasteiger partial charge in [-0.05, 0) is 20.8 Å². The third-order valence-corrected chi connectivity index (χ3v) is 4.36. The van der Waals surface area contributed by atoms with Crippen LogP contribution in [0.2, 0.25) is 0 Å². The van der Waals surface area contributed by atoms with Crippen LogP contribution in [0.1, 0.15) is 31.6 Å². The Morgan fingerprint density at radius 1 is 1.52 bits per heavy atom. The highest BCUT2D eigenvalue weighted by Gasteiger charge is 2.30. The van der Waals surface area contributed by atoms with E-state index in [-0.39, 0.29) is 24.1 Å². The molecule has 1 amide bonds. The number of carbonyl (C=O) groups is 1. The van der Waals surface area contributed by atoms with Gasteiger partial charge in [0.2, 0.25) is 5.91 Å². The SMILES string of the molecule is Cc1nc([C@@H]2CN([C@H](C)C(=O)N[C@H](C)Cn3ccnc3)CCO2)n[nH]1. The van der Waals surface area contributed by atoms with Gasteiger partial charge in [0, 0.05) is 38.1 Å². The maximum atomic E-state index is 12.6. The molecule has 1 aliphatic rings. The summed E-state index contributed by atoms with van der Waals surface area (Å²) < 4.78 is 7.71. The lowest BCUT2D eigenvalue weighted by Crippen LogP contribution is -2.52. The molecular formula is C16H25N7O2. The van der Waals surface area contributed by atoms with Crippen LogP contribution in [0.4, 0.5) is 0 Å². The smallest absolute Gasteiger partial charge is 0.237 e. The molecule has 1 saturated heterocycles. The molecule has 2 N–H and O–H groups in total. The van der Waals surface area contributed by atoms with E-state index in [1.807, 2.05) is 31.5 Å². The third-order valence-electron chi connectivity index (χ3n) is 4.36. The Kier molecular flexibility index (Phi) is 5.44. The molecule has 0 spiro atoms. The van der Waals surface area contributed by atoms with Crippen molar-refractivity contribution in [1.29, 1.82) is 0 Å². The van der Waals surface area contributed by atoms with Crippen molar-refractivity contribution in [3.63, 3.8) is 0 Å². The number of carbonyl (C=O) groups excluding carboxylic acids is 1. The van der Waals surface area contributed by atoms with Gasteiger partial charge in [-0.3, -0.25) is 14.8 Å². The first-order chi connectivity index (χ1) is 12.0. The Hall–Kier alpha value is -2.26. The fraction of sp³-hybridized carbons (Fsp3) is 0.625. The van der Waals surface area contributed by atoms with Crippen molar-refractivity contribution in [1.82, 2.24) is 34.9 Å². The predicted octanol–water partition coefficient (Wildman–Crippen LogP) is 0.276. The van der Waals surface area contributed by atoms with E-state index < -0.39 is 0 Å². The van der Waals surface area contributed by atoms with Crippen molar-refractivity contribution in [2.75, 3.05) is 19.7 Å². The minimum Gasteiger partial charge on any atom is -0.367 e. The number of aryl methyl sites for hydroxylation is 1. The van der Waals surface area contributed by atoms with Crippen molar-refractivity contribution in [3.05, 3.63) is 30.4 Å². The number of nitrogens with zero attached hydrogens (tertiary/aromatic N) is 5. The molecule has 9 nitrogen and oxygen atoms in total. The molecule has 0 aliphatic carbocycles. The van der Waals surface area contributed by atoms with Crippen LogP contribution in [0.5, 0.6) is 0 Å². The Balaban J connectivity index is 1.54. The number of nitrogens with one attached hydrogen (secondary N) is 2. The second-order valence-electron chi connectivity index (χ2n) is 6.48. The average molecular weight is 347 g/mol. The van der Waals surface area contributed by atoms with Gasteiger partial charge in [0.1, 0.15) is 11.9 Å². The molecule has 3 atom stereocenters. The largest absolute Gasteiger partial charge is 0.367 e. The molecule has 0 aromatic carbocycles. The van der Waals surface area contributed by atoms with Crippen molar-refractivity contribution >= 4 is 5.91 Å². The summed E-state index contributed by atoms with van der Waals surface area (Å²) in [5.41, 5.74) is 0. The first-order valence-corrected chi connectivity index (χ1v) is 8.53. The van der Waals surface area contributed by atoms with E-state index in [1.165, 1.54) is 0 Å². The lowest BCUT2D eigenvalue weighted by Gasteiger charge is -2.35. The fourth-order valence-corrected chi connectivity index (χ4v) is 2.97. The number of ether oxygens (including phenoxy) is 1. The van der Waals surface area contributed by atoms with Crippen LogP contribution >= 0.6 is 0 Å². The Labute approximate surface area is 146 Å². The number of rotatable bonds is 6. The van der Waals surface area contributed by atoms with E-state index >= 15 is 0 Å². The monoisotopic (exact) mass is 347 g/mol. The number of aromatic amines is 1. The van der Waals surface area contributed by atoms with E-state index in [9.17, 15) is 4.79 Å². The maximum absolute atomic E-state index is 12.6. The summed E-state index contributed by atoms with van der Waals surface area (Å²) in [6, 6.07) is -0.215. The number of aromatic nitrogens is 5. The first-order valence-electron chi connectivity index (χ1n) is 8.53. The van der Waals surface area contributed by atoms with Gasteiger partial charge in [0.25, 0.3) is 0 Å². The second-order valence-corrected chi connectivity index (χ2v) is 6.48. The lowest BCUT2D eigenvalue weighted by atomic mass is 10.2. The van der Waals surface area contributed by atoms with Crippen molar-refractivity contribution < 1.29 is 9.53 Å². The summed E-state index contributed by atoms with van der Waals surface area (Å²) in [6.45, 7) is 8.33. The predicted molar refractivity (Wildman–Crippen MR) is 90.7 cm³/mol. The van der Waals surface area contributed by atoms with Gasteiger partial charge >= 0.3 is 0 Å². The Morgan fingerprint density at radius 2 is 2.36 bits per heavy atom. The van der Waals surface area contributed by atoms with Gasteiger partial charge in [-0.25, -0.2) is 9.97 Å². The summed E-state index contributed by atoms with van der Waals surface area (Å²) >= 11 is 0. The highest BCUT2D eigenvalue weighted by atomic mass is 16.5. The van der Waals surface area contributed by atoms with Gasteiger partial charge in [-0.1, -0.05) is 0 Å². The van der Waals surface area contributed by atoms with Crippen molar-refractivity contribution in [2.24, 2.45) is 0 Å². The van der Waals surface area contributed by atoms with Gasteiger partial charge in [-0.15, -0.1) is 0 Å². The lowest BCUT2D eigenvalue weighted by molar-refractivity contribution is -0.130. The van der Waals surface area contributed by atoms with E-state index in [0.29, 0.717) is 32.1 Å². The molecule has 1 aliphatic heterocycles. The van der Waals surface area contributed by atoms with Crippen LogP contribution in [-0.2, 0) is 16.1 Å². The highest BCUT2D eigenvalue weighted by Crippen LogP contribution is 2.20. The molecule has 3 heterocycles. The molecule has 2 aromatic rings. The zero-order valence-corrected chi connectivity index (χ0v) is 14.8. The highest BCUT2D eigenvalue weighted by molar-refractivity contribution is 5.81. The summed E-state index contributed by atoms with van der Waals surface area (Å²) in [4.78, 5) is 23.0. The summed E-state index contributed by atoms with van der Waals surface area (Å²) in [5.74, 6) is 1.41. The standard InChI is InChI=1S/C16H25N7O2/c1-11(8-22-5-4-17-10-22)18-16(24)12(2)23-6-7-25-14(9-23)15-19-13(3)20-21-15/h4-5,10-12,14H,6-9H2,1-3H3,(H,18,24)(H,19,20,21)/t11-,12-,14+/m1/s1. The fourth-order valence-electron chi connectivity index (χ4n) is 2.97. The van der Waals surface area contributed by atoms with Crippen LogP contribution in [0.15, 0.2) is 18.7 Å². The molecule has 0 unspecified atom stereocenters. The van der Waals surface area contributed by atoms with Crippen LogP contribution in [0.3, 0.4) is 0 Å². The van der Waals surface area contributed by atoms with E-state index in [0.717, 1.165) is 5.82 Å². The summed E-state index contributed by atoms with van der Waals surface area (Å²) in [6.07, 6.45) is 5.16. The molecule has 3 rings (SSSR count). The summed E-state index contributed by atoms with van der Waals surface area (Å²) in [5, 5.41) is 10.1. The summed E-state index contributed by atoms with van der Waals surface area (Å²) in [7, 11) is 0. The molecular weight excluding hydrogens is 322 g/mol. The van der Waals surface area contributed by atoms with Gasteiger partial charge in [0.15, 0.2) is 5.82 Å². The molecule has 1 fully saturated rings. The first kappa shape index (κ1) is 17.6. The van der Waals surface area contributed by atoms with Gasteiger partial charge in [0.05, 0.1) is 19.0 Å². The molecule has 0 bridgehead atoms. The Morgan fingerprint density at radius 3 is 3.04 bits per heavy atom. The number of imidazole rings is 1. The Bertz CT molecular complexity index is 684. The molecule has 25 heavy (non-hydrogen) atoms. The van der Waals surface area contributed by atoms with E-state index in [4.69, 9.17) is 4.74 Å². The molecule has 136 valence electrons. The number of hydrogen-bond donors (Lipinski definition) is 2. The van der Waals surface area contributed by atoms with Crippen molar-refractivity contribution in [3.8, 4) is 0 Å². The second kappa shape index (κ2) is 7.75. The zero-order chi connectivity index (χ0) is 17.8. The quantitative estimate of drug-likeness (QED) is 0.778. The van der Waals surface area contributed by atoms with Crippen molar-refractivity contribution in [2.45, 2.75) is 45.5 Å². The van der Waals surface area contributed by atoms with Gasteiger partial charge < -0.3 is 14.6 Å². The topological polar surface area (TPSA) is 101 Å².